The van der Waals surface area contributed by atoms with Crippen molar-refractivity contribution >= 4 is 22.4 Å². The van der Waals surface area contributed by atoms with E-state index in [2.05, 4.69) is 15.0 Å². The number of hydrogen-bond acceptors (Lipinski definition) is 5. The van der Waals surface area contributed by atoms with Crippen LogP contribution in [0.25, 0.3) is 21.9 Å². The van der Waals surface area contributed by atoms with Crippen molar-refractivity contribution in [3.63, 3.8) is 0 Å². The van der Waals surface area contributed by atoms with Gasteiger partial charge in [0, 0.05) is 23.5 Å². The molecule has 0 saturated heterocycles. The number of rotatable bonds is 2. The molecule has 6 nitrogen and oxygen atoms in total. The molecule has 0 amide bonds. The fourth-order valence-corrected chi connectivity index (χ4v) is 3.38. The Bertz CT molecular complexity index is 1040. The van der Waals surface area contributed by atoms with Crippen molar-refractivity contribution < 1.29 is 0 Å². The van der Waals surface area contributed by atoms with E-state index in [0.29, 0.717) is 5.49 Å². The second-order valence-corrected chi connectivity index (χ2v) is 6.11. The summed E-state index contributed by atoms with van der Waals surface area (Å²) in [5, 5.41) is 12.1. The Kier molecular flexibility index (Phi) is 3.09. The van der Waals surface area contributed by atoms with Crippen LogP contribution in [0, 0.1) is 19.3 Å². The van der Waals surface area contributed by atoms with Gasteiger partial charge in [0.1, 0.15) is 11.8 Å². The normalized spacial score (nSPS) is 11.2. The molecule has 0 aliphatic rings. The molecule has 7 heteroatoms. The average molecular weight is 322 g/mol. The second kappa shape index (κ2) is 5.13. The highest BCUT2D eigenvalue weighted by Crippen LogP contribution is 2.24. The summed E-state index contributed by atoms with van der Waals surface area (Å²) in [5.41, 5.74) is 4.22. The topological polar surface area (TPSA) is 72.4 Å². The lowest BCUT2D eigenvalue weighted by Gasteiger charge is -2.07. The number of nitrogens with one attached hydrogen (secondary N) is 1. The van der Waals surface area contributed by atoms with Gasteiger partial charge in [0.15, 0.2) is 10.8 Å². The number of nitrogens with zero attached hydrogens (tertiary/aromatic N) is 5. The van der Waals surface area contributed by atoms with E-state index in [1.165, 1.54) is 11.3 Å². The molecule has 0 aromatic carbocycles. The fraction of sp³-hybridized carbons (Fsp3) is 0.125. The van der Waals surface area contributed by atoms with E-state index in [1.54, 1.807) is 29.5 Å². The van der Waals surface area contributed by atoms with Gasteiger partial charge >= 0.3 is 0 Å². The molecule has 4 aromatic heterocycles. The number of thiazole rings is 1. The van der Waals surface area contributed by atoms with E-state index in [4.69, 9.17) is 5.41 Å². The van der Waals surface area contributed by atoms with Crippen molar-refractivity contribution in [3.05, 3.63) is 59.2 Å². The first kappa shape index (κ1) is 13.8. The van der Waals surface area contributed by atoms with Crippen LogP contribution in [-0.2, 0) is 0 Å². The van der Waals surface area contributed by atoms with E-state index >= 15 is 0 Å². The summed E-state index contributed by atoms with van der Waals surface area (Å²) in [7, 11) is 0. The lowest BCUT2D eigenvalue weighted by molar-refractivity contribution is 0.891. The van der Waals surface area contributed by atoms with Crippen LogP contribution in [0.15, 0.2) is 42.4 Å². The quantitative estimate of drug-likeness (QED) is 0.617. The van der Waals surface area contributed by atoms with Gasteiger partial charge in [-0.25, -0.2) is 9.97 Å². The molecule has 0 spiro atoms. The standard InChI is InChI=1S/C16H14N6S/c1-10-11(2)22(12-4-3-5-18-8-12)15-13(10)14(17)21(9-20-15)16-19-6-7-23-16/h3-9,17H,1-2H3. The van der Waals surface area contributed by atoms with Gasteiger partial charge in [-0.3, -0.25) is 19.5 Å². The maximum atomic E-state index is 8.59. The molecule has 1 N–H and O–H groups in total. The molecule has 0 fully saturated rings. The molecule has 0 aliphatic heterocycles. The first-order chi connectivity index (χ1) is 11.2. The molecule has 114 valence electrons. The zero-order chi connectivity index (χ0) is 16.0. The van der Waals surface area contributed by atoms with Gasteiger partial charge in [-0.2, -0.15) is 0 Å². The van der Waals surface area contributed by atoms with E-state index in [0.717, 1.165) is 33.1 Å². The third-order valence-electron chi connectivity index (χ3n) is 3.99. The lowest BCUT2D eigenvalue weighted by atomic mass is 10.2. The van der Waals surface area contributed by atoms with Crippen molar-refractivity contribution in [2.75, 3.05) is 0 Å². The number of aryl methyl sites for hydroxylation is 1. The Morgan fingerprint density at radius 1 is 1.17 bits per heavy atom. The first-order valence-electron chi connectivity index (χ1n) is 7.12. The predicted octanol–water partition coefficient (Wildman–Crippen LogP) is 2.76. The van der Waals surface area contributed by atoms with Crippen LogP contribution in [0.5, 0.6) is 0 Å². The highest BCUT2D eigenvalue weighted by Gasteiger charge is 2.17. The Morgan fingerprint density at radius 2 is 2.04 bits per heavy atom. The van der Waals surface area contributed by atoms with Crippen molar-refractivity contribution in [2.24, 2.45) is 0 Å². The van der Waals surface area contributed by atoms with Gasteiger partial charge in [-0.05, 0) is 31.5 Å². The summed E-state index contributed by atoms with van der Waals surface area (Å²) >= 11 is 1.49. The fourth-order valence-electron chi connectivity index (χ4n) is 2.77. The van der Waals surface area contributed by atoms with Crippen LogP contribution in [0.1, 0.15) is 11.3 Å². The molecule has 0 unspecified atom stereocenters. The van der Waals surface area contributed by atoms with Crippen LogP contribution in [0.2, 0.25) is 0 Å². The molecule has 0 bridgehead atoms. The van der Waals surface area contributed by atoms with Crippen LogP contribution in [-0.4, -0.2) is 24.1 Å². The molecule has 0 aliphatic carbocycles. The molecule has 0 radical (unpaired) electrons. The van der Waals surface area contributed by atoms with E-state index in [1.807, 2.05) is 35.9 Å². The summed E-state index contributed by atoms with van der Waals surface area (Å²) in [5.74, 6) is 0. The molecule has 0 saturated carbocycles. The Morgan fingerprint density at radius 3 is 2.74 bits per heavy atom. The van der Waals surface area contributed by atoms with Crippen molar-refractivity contribution in [1.82, 2.24) is 24.1 Å². The summed E-state index contributed by atoms with van der Waals surface area (Å²) in [4.78, 5) is 13.1. The lowest BCUT2D eigenvalue weighted by Crippen LogP contribution is -2.19. The monoisotopic (exact) mass is 322 g/mol. The zero-order valence-electron chi connectivity index (χ0n) is 12.7. The zero-order valence-corrected chi connectivity index (χ0v) is 13.5. The minimum absolute atomic E-state index is 0.396. The first-order valence-corrected chi connectivity index (χ1v) is 8.00. The second-order valence-electron chi connectivity index (χ2n) is 5.23. The Balaban J connectivity index is 2.08. The van der Waals surface area contributed by atoms with Gasteiger partial charge in [-0.1, -0.05) is 0 Å². The SMILES string of the molecule is Cc1c(C)n(-c2cccnc2)c2ncn(-c3nccs3)c(=N)c12. The summed E-state index contributed by atoms with van der Waals surface area (Å²) in [6, 6.07) is 3.89. The van der Waals surface area contributed by atoms with Crippen LogP contribution < -0.4 is 5.49 Å². The van der Waals surface area contributed by atoms with Crippen molar-refractivity contribution in [2.45, 2.75) is 13.8 Å². The predicted molar refractivity (Wildman–Crippen MR) is 89.2 cm³/mol. The van der Waals surface area contributed by atoms with Gasteiger partial charge in [-0.15, -0.1) is 11.3 Å². The minimum atomic E-state index is 0.396. The average Bonchev–Trinajstić information content (AvgIpc) is 3.17. The number of aromatic nitrogens is 5. The van der Waals surface area contributed by atoms with Crippen LogP contribution in [0.4, 0.5) is 0 Å². The van der Waals surface area contributed by atoms with Gasteiger partial charge in [0.2, 0.25) is 0 Å². The molecule has 4 heterocycles. The van der Waals surface area contributed by atoms with Crippen molar-refractivity contribution in [1.29, 1.82) is 5.41 Å². The third kappa shape index (κ3) is 2.01. The minimum Gasteiger partial charge on any atom is -0.297 e. The van der Waals surface area contributed by atoms with Gasteiger partial charge in [0.25, 0.3) is 0 Å². The van der Waals surface area contributed by atoms with E-state index < -0.39 is 0 Å². The van der Waals surface area contributed by atoms with Crippen molar-refractivity contribution in [3.8, 4) is 10.8 Å². The largest absolute Gasteiger partial charge is 0.297 e. The molecule has 4 rings (SSSR count). The van der Waals surface area contributed by atoms with Gasteiger partial charge < -0.3 is 0 Å². The Hall–Kier alpha value is -2.80. The third-order valence-corrected chi connectivity index (χ3v) is 4.76. The smallest absolute Gasteiger partial charge is 0.196 e. The molecule has 4 aromatic rings. The number of pyridine rings is 1. The molecular weight excluding hydrogens is 308 g/mol. The summed E-state index contributed by atoms with van der Waals surface area (Å²) in [6.07, 6.45) is 6.95. The highest BCUT2D eigenvalue weighted by molar-refractivity contribution is 7.12. The molecular formula is C16H14N6S. The highest BCUT2D eigenvalue weighted by atomic mass is 32.1. The van der Waals surface area contributed by atoms with Crippen LogP contribution >= 0.6 is 11.3 Å². The number of fused-ring (bicyclic) bond motifs is 1. The van der Waals surface area contributed by atoms with Crippen LogP contribution in [0.3, 0.4) is 0 Å². The maximum Gasteiger partial charge on any atom is 0.196 e. The molecule has 23 heavy (non-hydrogen) atoms. The summed E-state index contributed by atoms with van der Waals surface area (Å²) < 4.78 is 3.76. The van der Waals surface area contributed by atoms with E-state index in [-0.39, 0.29) is 0 Å². The van der Waals surface area contributed by atoms with E-state index in [9.17, 15) is 0 Å². The maximum absolute atomic E-state index is 8.59. The molecule has 0 atom stereocenters. The Labute approximate surface area is 136 Å². The summed E-state index contributed by atoms with van der Waals surface area (Å²) in [6.45, 7) is 4.06. The number of hydrogen-bond donors (Lipinski definition) is 1. The van der Waals surface area contributed by atoms with Gasteiger partial charge in [0.05, 0.1) is 17.3 Å².